The van der Waals surface area contributed by atoms with Gasteiger partial charge in [0, 0.05) is 21.6 Å². The molecule has 2 unspecified atom stereocenters. The van der Waals surface area contributed by atoms with Crippen molar-refractivity contribution in [2.75, 3.05) is 0 Å². The van der Waals surface area contributed by atoms with Gasteiger partial charge in [-0.2, -0.15) is 0 Å². The largest absolute Gasteiger partial charge is 0.203 e. The Labute approximate surface area is 159 Å². The molecule has 2 rings (SSSR count). The van der Waals surface area contributed by atoms with Crippen molar-refractivity contribution in [1.82, 2.24) is 0 Å². The van der Waals surface area contributed by atoms with Gasteiger partial charge in [-0.15, -0.1) is 0 Å². The highest BCUT2D eigenvalue weighted by atomic mass is 33.1. The molecule has 28 heavy (non-hydrogen) atoms. The van der Waals surface area contributed by atoms with Gasteiger partial charge in [0.1, 0.15) is 0 Å². The van der Waals surface area contributed by atoms with Gasteiger partial charge in [-0.05, 0) is 13.8 Å². The van der Waals surface area contributed by atoms with Gasteiger partial charge >= 0.3 is 0 Å². The second-order valence-corrected chi connectivity index (χ2v) is 8.40. The molecule has 154 valence electrons. The van der Waals surface area contributed by atoms with Crippen LogP contribution in [0, 0.1) is 58.2 Å². The van der Waals surface area contributed by atoms with Crippen molar-refractivity contribution in [3.8, 4) is 0 Å². The fourth-order valence-corrected chi connectivity index (χ4v) is 4.74. The predicted octanol–water partition coefficient (Wildman–Crippen LogP) is 7.28. The molecule has 0 aliphatic heterocycles. The molecule has 0 N–H and O–H groups in total. The van der Waals surface area contributed by atoms with Gasteiger partial charge in [0.05, 0.1) is 0 Å². The Morgan fingerprint density at radius 2 is 0.571 bits per heavy atom. The molecule has 0 radical (unpaired) electrons. The highest BCUT2D eigenvalue weighted by Crippen LogP contribution is 2.48. The second-order valence-electron chi connectivity index (χ2n) is 5.44. The van der Waals surface area contributed by atoms with Gasteiger partial charge in [0.25, 0.3) is 0 Å². The van der Waals surface area contributed by atoms with Crippen LogP contribution < -0.4 is 0 Å². The Morgan fingerprint density at radius 3 is 0.786 bits per heavy atom. The van der Waals surface area contributed by atoms with Crippen LogP contribution in [-0.4, -0.2) is 0 Å². The van der Waals surface area contributed by atoms with Crippen LogP contribution in [0.4, 0.5) is 43.9 Å². The first-order chi connectivity index (χ1) is 12.9. The Morgan fingerprint density at radius 1 is 0.393 bits per heavy atom. The van der Waals surface area contributed by atoms with Crippen LogP contribution in [0.25, 0.3) is 0 Å². The van der Waals surface area contributed by atoms with Crippen molar-refractivity contribution < 1.29 is 43.9 Å². The monoisotopic (exact) mass is 454 g/mol. The number of hydrogen-bond acceptors (Lipinski definition) is 2. The SMILES string of the molecule is CC(SSC(C)c1c(F)c(F)c(F)c(F)c1F)c1c(F)c(F)c(F)c(F)c1F. The molecular formula is C16H8F10S2. The zero-order valence-electron chi connectivity index (χ0n) is 13.8. The number of halogens is 10. The van der Waals surface area contributed by atoms with Crippen LogP contribution in [0.1, 0.15) is 35.5 Å². The zero-order valence-corrected chi connectivity index (χ0v) is 15.4. The molecule has 2 aromatic carbocycles. The summed E-state index contributed by atoms with van der Waals surface area (Å²) in [4.78, 5) is 0. The number of hydrogen-bond donors (Lipinski definition) is 0. The summed E-state index contributed by atoms with van der Waals surface area (Å²) in [6.45, 7) is 2.09. The van der Waals surface area contributed by atoms with Crippen LogP contribution >= 0.6 is 21.6 Å². The van der Waals surface area contributed by atoms with Crippen LogP contribution in [-0.2, 0) is 0 Å². The quantitative estimate of drug-likeness (QED) is 0.202. The molecule has 0 saturated carbocycles. The molecular weight excluding hydrogens is 446 g/mol. The summed E-state index contributed by atoms with van der Waals surface area (Å²) >= 11 is 0. The minimum absolute atomic E-state index is 0.426. The average molecular weight is 454 g/mol. The maximum Gasteiger partial charge on any atom is 0.200 e. The summed E-state index contributed by atoms with van der Waals surface area (Å²) in [5, 5.41) is -2.84. The first-order valence-corrected chi connectivity index (χ1v) is 9.54. The normalized spacial score (nSPS) is 13.7. The summed E-state index contributed by atoms with van der Waals surface area (Å²) < 4.78 is 134. The molecule has 0 spiro atoms. The molecule has 0 fully saturated rings. The fourth-order valence-electron chi connectivity index (χ4n) is 2.22. The maximum atomic E-state index is 13.8. The van der Waals surface area contributed by atoms with Gasteiger partial charge in [0.2, 0.25) is 11.6 Å². The lowest BCUT2D eigenvalue weighted by molar-refractivity contribution is 0.370. The van der Waals surface area contributed by atoms with E-state index in [2.05, 4.69) is 0 Å². The number of rotatable bonds is 5. The van der Waals surface area contributed by atoms with E-state index in [1.54, 1.807) is 0 Å². The van der Waals surface area contributed by atoms with E-state index < -0.39 is 79.8 Å². The van der Waals surface area contributed by atoms with E-state index in [0.717, 1.165) is 13.8 Å². The maximum absolute atomic E-state index is 13.8. The van der Waals surface area contributed by atoms with Crippen molar-refractivity contribution in [2.24, 2.45) is 0 Å². The lowest BCUT2D eigenvalue weighted by Gasteiger charge is -2.18. The Kier molecular flexibility index (Phi) is 6.85. The summed E-state index contributed by atoms with van der Waals surface area (Å²) in [6.07, 6.45) is 0. The highest BCUT2D eigenvalue weighted by Gasteiger charge is 2.32. The molecule has 0 aromatic heterocycles. The van der Waals surface area contributed by atoms with E-state index in [-0.39, 0.29) is 0 Å². The van der Waals surface area contributed by atoms with Crippen molar-refractivity contribution in [3.05, 3.63) is 69.3 Å². The molecule has 0 heterocycles. The minimum Gasteiger partial charge on any atom is -0.203 e. The number of benzene rings is 2. The van der Waals surface area contributed by atoms with Gasteiger partial charge in [-0.25, -0.2) is 43.9 Å². The summed E-state index contributed by atoms with van der Waals surface area (Å²) in [5.41, 5.74) is -2.36. The third-order valence-electron chi connectivity index (χ3n) is 3.64. The van der Waals surface area contributed by atoms with Gasteiger partial charge in [-0.3, -0.25) is 0 Å². The van der Waals surface area contributed by atoms with Crippen LogP contribution in [0.15, 0.2) is 0 Å². The molecule has 2 aromatic rings. The molecule has 0 saturated heterocycles. The lowest BCUT2D eigenvalue weighted by atomic mass is 10.1. The smallest absolute Gasteiger partial charge is 0.200 e. The summed E-state index contributed by atoms with van der Waals surface area (Å²) in [6, 6.07) is 0. The fraction of sp³-hybridized carbons (Fsp3) is 0.250. The molecule has 0 amide bonds. The zero-order chi connectivity index (χ0) is 21.5. The minimum atomic E-state index is -2.35. The standard InChI is InChI=1S/C16H8F10S2/c1-3(5-7(17)11(21)15(25)12(22)8(5)18)27-28-4(2)6-9(19)13(23)16(26)14(24)10(6)20/h3-4H,1-2H3. The van der Waals surface area contributed by atoms with Gasteiger partial charge < -0.3 is 0 Å². The van der Waals surface area contributed by atoms with E-state index in [1.165, 1.54) is 0 Å². The van der Waals surface area contributed by atoms with Gasteiger partial charge in [0.15, 0.2) is 46.5 Å². The Balaban J connectivity index is 2.32. The first-order valence-electron chi connectivity index (χ1n) is 7.26. The van der Waals surface area contributed by atoms with Gasteiger partial charge in [-0.1, -0.05) is 21.6 Å². The van der Waals surface area contributed by atoms with Crippen LogP contribution in [0.2, 0.25) is 0 Å². The predicted molar refractivity (Wildman–Crippen MR) is 84.5 cm³/mol. The van der Waals surface area contributed by atoms with E-state index in [9.17, 15) is 43.9 Å². The summed E-state index contributed by atoms with van der Waals surface area (Å²) in [5.74, 6) is -21.7. The van der Waals surface area contributed by atoms with Crippen molar-refractivity contribution >= 4 is 21.6 Å². The van der Waals surface area contributed by atoms with Crippen LogP contribution in [0.5, 0.6) is 0 Å². The Bertz CT molecular complexity index is 797. The Hall–Kier alpha value is -1.56. The molecule has 2 atom stereocenters. The van der Waals surface area contributed by atoms with Crippen molar-refractivity contribution in [2.45, 2.75) is 24.3 Å². The van der Waals surface area contributed by atoms with E-state index in [4.69, 9.17) is 0 Å². The average Bonchev–Trinajstić information content (AvgIpc) is 2.66. The summed E-state index contributed by atoms with van der Waals surface area (Å²) in [7, 11) is 0.853. The van der Waals surface area contributed by atoms with Crippen LogP contribution in [0.3, 0.4) is 0 Å². The third kappa shape index (κ3) is 3.80. The molecule has 0 nitrogen and oxygen atoms in total. The topological polar surface area (TPSA) is 0 Å². The first kappa shape index (κ1) is 22.7. The van der Waals surface area contributed by atoms with E-state index in [0.29, 0.717) is 21.6 Å². The van der Waals surface area contributed by atoms with Crippen molar-refractivity contribution in [1.29, 1.82) is 0 Å². The molecule has 0 bridgehead atoms. The third-order valence-corrected chi connectivity index (χ3v) is 6.87. The molecule has 12 heteroatoms. The molecule has 0 aliphatic carbocycles. The lowest BCUT2D eigenvalue weighted by Crippen LogP contribution is -2.09. The second kappa shape index (κ2) is 8.44. The van der Waals surface area contributed by atoms with E-state index >= 15 is 0 Å². The highest BCUT2D eigenvalue weighted by molar-refractivity contribution is 8.76. The van der Waals surface area contributed by atoms with Crippen molar-refractivity contribution in [3.63, 3.8) is 0 Å². The van der Waals surface area contributed by atoms with E-state index in [1.807, 2.05) is 0 Å². The molecule has 0 aliphatic rings.